The van der Waals surface area contributed by atoms with Crippen LogP contribution < -0.4 is 10.1 Å². The van der Waals surface area contributed by atoms with Crippen LogP contribution >= 0.6 is 27.5 Å². The maximum Gasteiger partial charge on any atom is 0.256 e. The first-order valence-corrected chi connectivity index (χ1v) is 8.87. The Morgan fingerprint density at radius 3 is 2.96 bits per heavy atom. The second-order valence-electron chi connectivity index (χ2n) is 5.91. The zero-order valence-electron chi connectivity index (χ0n) is 13.6. The average molecular weight is 428 g/mol. The third-order valence-corrected chi connectivity index (χ3v) is 4.88. The molecule has 25 heavy (non-hydrogen) atoms. The van der Waals surface area contributed by atoms with Crippen molar-refractivity contribution < 1.29 is 4.74 Å². The van der Waals surface area contributed by atoms with Crippen LogP contribution in [0.25, 0.3) is 5.65 Å². The van der Waals surface area contributed by atoms with Gasteiger partial charge in [-0.1, -0.05) is 0 Å². The van der Waals surface area contributed by atoms with Crippen molar-refractivity contribution in [2.45, 2.75) is 12.5 Å². The summed E-state index contributed by atoms with van der Waals surface area (Å²) < 4.78 is 9.60. The van der Waals surface area contributed by atoms with Gasteiger partial charge >= 0.3 is 0 Å². The van der Waals surface area contributed by atoms with E-state index in [1.54, 1.807) is 17.8 Å². The van der Waals surface area contributed by atoms with Crippen molar-refractivity contribution in [3.05, 3.63) is 22.3 Å². The van der Waals surface area contributed by atoms with Crippen LogP contribution in [0.4, 0.5) is 11.5 Å². The molecule has 0 saturated carbocycles. The van der Waals surface area contributed by atoms with Gasteiger partial charge in [0.05, 0.1) is 25.5 Å². The lowest BCUT2D eigenvalue weighted by molar-refractivity contribution is 0.362. The van der Waals surface area contributed by atoms with E-state index in [2.05, 4.69) is 53.4 Å². The summed E-state index contributed by atoms with van der Waals surface area (Å²) in [4.78, 5) is 10.8. The molecule has 0 aromatic carbocycles. The molecule has 0 radical (unpaired) electrons. The van der Waals surface area contributed by atoms with E-state index in [9.17, 15) is 0 Å². The quantitative estimate of drug-likeness (QED) is 0.684. The van der Waals surface area contributed by atoms with Crippen molar-refractivity contribution >= 4 is 44.7 Å². The van der Waals surface area contributed by atoms with Gasteiger partial charge in [0, 0.05) is 6.54 Å². The summed E-state index contributed by atoms with van der Waals surface area (Å²) in [6.07, 6.45) is 4.62. The molecule has 0 aliphatic carbocycles. The molecule has 4 heterocycles. The standard InChI is InChI=1S/C14H16BrClN8O/c1-22-4-3-8(6-22)23-7-9(13(20-23)25-2)18-11-12-17-5-10(15)24(12)21-14(16)19-11/h5,7-8H,3-4,6H2,1-2H3,(H,18,19,21)/t8-/m0/s1. The number of fused-ring (bicyclic) bond motifs is 1. The van der Waals surface area contributed by atoms with Gasteiger partial charge in [0.1, 0.15) is 10.3 Å². The Labute approximate surface area is 157 Å². The second kappa shape index (κ2) is 6.43. The minimum absolute atomic E-state index is 0.109. The molecule has 1 fully saturated rings. The number of nitrogens with one attached hydrogen (secondary N) is 1. The van der Waals surface area contributed by atoms with Crippen molar-refractivity contribution in [2.24, 2.45) is 0 Å². The largest absolute Gasteiger partial charge is 0.478 e. The predicted octanol–water partition coefficient (Wildman–Crippen LogP) is 2.37. The normalized spacial score (nSPS) is 18.2. The lowest BCUT2D eigenvalue weighted by Crippen LogP contribution is -2.16. The van der Waals surface area contributed by atoms with Gasteiger partial charge in [-0.05, 0) is 47.5 Å². The third-order valence-electron chi connectivity index (χ3n) is 4.18. The maximum atomic E-state index is 6.03. The van der Waals surface area contributed by atoms with Crippen LogP contribution in [0.5, 0.6) is 5.88 Å². The number of hydrogen-bond donors (Lipinski definition) is 1. The number of halogens is 2. The summed E-state index contributed by atoms with van der Waals surface area (Å²) in [5.74, 6) is 0.972. The van der Waals surface area contributed by atoms with Gasteiger partial charge in [0.2, 0.25) is 5.28 Å². The highest BCUT2D eigenvalue weighted by Gasteiger charge is 2.24. The van der Waals surface area contributed by atoms with Crippen molar-refractivity contribution in [2.75, 3.05) is 32.6 Å². The maximum absolute atomic E-state index is 6.03. The van der Waals surface area contributed by atoms with E-state index in [1.165, 1.54) is 0 Å². The minimum atomic E-state index is 0.109. The molecule has 9 nitrogen and oxygen atoms in total. The minimum Gasteiger partial charge on any atom is -0.478 e. The van der Waals surface area contributed by atoms with Crippen molar-refractivity contribution in [3.63, 3.8) is 0 Å². The molecule has 1 saturated heterocycles. The van der Waals surface area contributed by atoms with Crippen LogP contribution in [0, 0.1) is 0 Å². The van der Waals surface area contributed by atoms with Gasteiger partial charge in [-0.15, -0.1) is 10.2 Å². The fraction of sp³-hybridized carbons (Fsp3) is 0.429. The highest BCUT2D eigenvalue weighted by Crippen LogP contribution is 2.31. The van der Waals surface area contributed by atoms with Crippen molar-refractivity contribution in [1.29, 1.82) is 0 Å². The Morgan fingerprint density at radius 1 is 1.40 bits per heavy atom. The van der Waals surface area contributed by atoms with Crippen LogP contribution in [-0.2, 0) is 0 Å². The molecule has 11 heteroatoms. The smallest absolute Gasteiger partial charge is 0.256 e. The zero-order valence-corrected chi connectivity index (χ0v) is 16.0. The highest BCUT2D eigenvalue weighted by atomic mass is 79.9. The molecule has 1 aliphatic heterocycles. The first-order chi connectivity index (χ1) is 12.0. The average Bonchev–Trinajstić information content (AvgIpc) is 3.27. The lowest BCUT2D eigenvalue weighted by Gasteiger charge is -2.10. The molecule has 1 N–H and O–H groups in total. The summed E-state index contributed by atoms with van der Waals surface area (Å²) in [6, 6.07) is 0.323. The SMILES string of the molecule is COc1nn([C@H]2CCN(C)C2)cc1Nc1nc(Cl)nn2c(Br)cnc12. The first kappa shape index (κ1) is 16.6. The molecule has 1 atom stereocenters. The summed E-state index contributed by atoms with van der Waals surface area (Å²) >= 11 is 9.41. The molecular weight excluding hydrogens is 412 g/mol. The Balaban J connectivity index is 1.70. The molecule has 0 spiro atoms. The van der Waals surface area contributed by atoms with Crippen LogP contribution in [0.15, 0.2) is 17.0 Å². The molecule has 3 aromatic rings. The molecule has 0 amide bonds. The molecule has 0 unspecified atom stereocenters. The van der Waals surface area contributed by atoms with Crippen molar-refractivity contribution in [3.8, 4) is 5.88 Å². The summed E-state index contributed by atoms with van der Waals surface area (Å²) in [7, 11) is 3.70. The van der Waals surface area contributed by atoms with E-state index < -0.39 is 0 Å². The van der Waals surface area contributed by atoms with E-state index in [4.69, 9.17) is 16.3 Å². The van der Waals surface area contributed by atoms with Gasteiger partial charge in [-0.2, -0.15) is 4.98 Å². The van der Waals surface area contributed by atoms with Crippen LogP contribution in [-0.4, -0.2) is 61.5 Å². The number of ether oxygens (including phenoxy) is 1. The zero-order chi connectivity index (χ0) is 17.6. The van der Waals surface area contributed by atoms with Gasteiger partial charge in [-0.25, -0.2) is 9.50 Å². The van der Waals surface area contributed by atoms with Gasteiger partial charge < -0.3 is 15.0 Å². The Bertz CT molecular complexity index is 925. The number of methoxy groups -OCH3 is 1. The highest BCUT2D eigenvalue weighted by molar-refractivity contribution is 9.10. The fourth-order valence-corrected chi connectivity index (χ4v) is 3.48. The van der Waals surface area contributed by atoms with E-state index in [0.717, 1.165) is 19.5 Å². The van der Waals surface area contributed by atoms with Crippen LogP contribution in [0.1, 0.15) is 12.5 Å². The number of imidazole rings is 1. The molecule has 1 aliphatic rings. The molecule has 3 aromatic heterocycles. The summed E-state index contributed by atoms with van der Waals surface area (Å²) in [5, 5.41) is 12.0. The van der Waals surface area contributed by atoms with E-state index in [1.807, 2.05) is 10.9 Å². The molecular formula is C14H16BrClN8O. The number of aromatic nitrogens is 6. The number of anilines is 2. The number of nitrogens with zero attached hydrogens (tertiary/aromatic N) is 7. The van der Waals surface area contributed by atoms with Crippen molar-refractivity contribution in [1.82, 2.24) is 34.3 Å². The van der Waals surface area contributed by atoms with Gasteiger partial charge in [0.15, 0.2) is 11.5 Å². The number of likely N-dealkylation sites (tertiary alicyclic amines) is 1. The predicted molar refractivity (Wildman–Crippen MR) is 96.7 cm³/mol. The number of likely N-dealkylation sites (N-methyl/N-ethyl adjacent to an activating group) is 1. The fourth-order valence-electron chi connectivity index (χ4n) is 2.97. The van der Waals surface area contributed by atoms with Gasteiger partial charge in [-0.3, -0.25) is 4.68 Å². The Hall–Kier alpha value is -1.91. The lowest BCUT2D eigenvalue weighted by atomic mass is 10.3. The van der Waals surface area contributed by atoms with E-state index >= 15 is 0 Å². The topological polar surface area (TPSA) is 85.4 Å². The molecule has 132 valence electrons. The second-order valence-corrected chi connectivity index (χ2v) is 7.06. The van der Waals surface area contributed by atoms with Crippen LogP contribution in [0.2, 0.25) is 5.28 Å². The van der Waals surface area contributed by atoms with E-state index in [-0.39, 0.29) is 5.28 Å². The number of hydrogen-bond acceptors (Lipinski definition) is 7. The summed E-state index contributed by atoms with van der Waals surface area (Å²) in [5.41, 5.74) is 1.25. The third kappa shape index (κ3) is 3.05. The van der Waals surface area contributed by atoms with Gasteiger partial charge in [0.25, 0.3) is 5.88 Å². The first-order valence-electron chi connectivity index (χ1n) is 7.70. The molecule has 0 bridgehead atoms. The number of rotatable bonds is 4. The Kier molecular flexibility index (Phi) is 4.26. The Morgan fingerprint density at radius 2 is 2.24 bits per heavy atom. The molecule has 4 rings (SSSR count). The summed E-state index contributed by atoms with van der Waals surface area (Å²) in [6.45, 7) is 2.01. The monoisotopic (exact) mass is 426 g/mol. The van der Waals surface area contributed by atoms with Crippen LogP contribution in [0.3, 0.4) is 0 Å². The van der Waals surface area contributed by atoms with E-state index in [0.29, 0.717) is 33.7 Å².